The van der Waals surface area contributed by atoms with Crippen molar-refractivity contribution in [2.75, 3.05) is 12.8 Å². The van der Waals surface area contributed by atoms with E-state index in [1.54, 1.807) is 0 Å². The quantitative estimate of drug-likeness (QED) is 0.863. The van der Waals surface area contributed by atoms with Gasteiger partial charge in [-0.25, -0.2) is 14.4 Å². The Morgan fingerprint density at radius 2 is 1.85 bits per heavy atom. The Morgan fingerprint density at radius 1 is 1.15 bits per heavy atom. The van der Waals surface area contributed by atoms with Crippen molar-refractivity contribution in [1.82, 2.24) is 9.97 Å². The van der Waals surface area contributed by atoms with Crippen LogP contribution in [0.15, 0.2) is 24.3 Å². The molecule has 0 bridgehead atoms. The zero-order valence-corrected chi connectivity index (χ0v) is 10.2. The number of anilines is 1. The number of rotatable bonds is 2. The average molecular weight is 287 g/mol. The van der Waals surface area contributed by atoms with Crippen LogP contribution in [0.5, 0.6) is 5.75 Å². The van der Waals surface area contributed by atoms with Crippen LogP contribution < -0.4 is 10.5 Å². The van der Waals surface area contributed by atoms with Crippen LogP contribution in [0.25, 0.3) is 11.3 Å². The second kappa shape index (κ2) is 4.95. The summed E-state index contributed by atoms with van der Waals surface area (Å²) in [6.07, 6.45) is -4.66. The Kier molecular flexibility index (Phi) is 3.47. The summed E-state index contributed by atoms with van der Waals surface area (Å²) in [6, 6.07) is 4.39. The zero-order valence-electron chi connectivity index (χ0n) is 10.2. The van der Waals surface area contributed by atoms with E-state index in [9.17, 15) is 17.6 Å². The number of halogens is 4. The molecule has 20 heavy (non-hydrogen) atoms. The van der Waals surface area contributed by atoms with E-state index in [2.05, 4.69) is 9.97 Å². The highest BCUT2D eigenvalue weighted by atomic mass is 19.4. The summed E-state index contributed by atoms with van der Waals surface area (Å²) in [5, 5.41) is 0. The predicted molar refractivity (Wildman–Crippen MR) is 63.4 cm³/mol. The summed E-state index contributed by atoms with van der Waals surface area (Å²) < 4.78 is 56.1. The number of benzene rings is 1. The Bertz CT molecular complexity index is 643. The Balaban J connectivity index is 2.53. The van der Waals surface area contributed by atoms with E-state index < -0.39 is 23.6 Å². The summed E-state index contributed by atoms with van der Waals surface area (Å²) in [5.41, 5.74) is 4.09. The first-order chi connectivity index (χ1) is 9.31. The maximum absolute atomic E-state index is 13.5. The smallest absolute Gasteiger partial charge is 0.433 e. The molecule has 1 aromatic carbocycles. The van der Waals surface area contributed by atoms with E-state index in [0.717, 1.165) is 6.07 Å². The van der Waals surface area contributed by atoms with Gasteiger partial charge in [-0.2, -0.15) is 13.2 Å². The minimum Gasteiger partial charge on any atom is -0.494 e. The first kappa shape index (κ1) is 14.0. The largest absolute Gasteiger partial charge is 0.494 e. The maximum atomic E-state index is 13.5. The number of nitrogen functional groups attached to an aromatic ring is 1. The van der Waals surface area contributed by atoms with Crippen LogP contribution in [0, 0.1) is 5.82 Å². The molecule has 0 amide bonds. The second-order valence-corrected chi connectivity index (χ2v) is 3.84. The van der Waals surface area contributed by atoms with Crippen LogP contribution in [-0.4, -0.2) is 17.1 Å². The molecule has 1 heterocycles. The summed E-state index contributed by atoms with van der Waals surface area (Å²) in [7, 11) is 1.28. The zero-order chi connectivity index (χ0) is 14.9. The molecule has 2 aromatic rings. The van der Waals surface area contributed by atoms with Crippen molar-refractivity contribution in [2.24, 2.45) is 0 Å². The van der Waals surface area contributed by atoms with Crippen molar-refractivity contribution in [3.8, 4) is 17.0 Å². The highest BCUT2D eigenvalue weighted by molar-refractivity contribution is 5.62. The van der Waals surface area contributed by atoms with Gasteiger partial charge in [-0.15, -0.1) is 0 Å². The van der Waals surface area contributed by atoms with Crippen LogP contribution >= 0.6 is 0 Å². The Morgan fingerprint density at radius 3 is 2.40 bits per heavy atom. The van der Waals surface area contributed by atoms with E-state index in [-0.39, 0.29) is 17.0 Å². The SMILES string of the molecule is COc1ccc(-c2cc(C(F)(F)F)nc(N)n2)cc1F. The van der Waals surface area contributed by atoms with Crippen molar-refractivity contribution in [2.45, 2.75) is 6.18 Å². The summed E-state index contributed by atoms with van der Waals surface area (Å²) in [5.74, 6) is -1.27. The number of ether oxygens (including phenoxy) is 1. The molecule has 0 radical (unpaired) electrons. The van der Waals surface area contributed by atoms with Gasteiger partial charge in [-0.1, -0.05) is 0 Å². The lowest BCUT2D eigenvalue weighted by atomic mass is 10.1. The van der Waals surface area contributed by atoms with Crippen LogP contribution in [0.2, 0.25) is 0 Å². The highest BCUT2D eigenvalue weighted by Crippen LogP contribution is 2.31. The third kappa shape index (κ3) is 2.79. The number of hydrogen-bond donors (Lipinski definition) is 1. The number of methoxy groups -OCH3 is 1. The van der Waals surface area contributed by atoms with Crippen LogP contribution in [-0.2, 0) is 6.18 Å². The molecule has 0 atom stereocenters. The molecule has 2 N–H and O–H groups in total. The maximum Gasteiger partial charge on any atom is 0.433 e. The topological polar surface area (TPSA) is 61.0 Å². The van der Waals surface area contributed by atoms with Gasteiger partial charge >= 0.3 is 6.18 Å². The van der Waals surface area contributed by atoms with Crippen LogP contribution in [0.4, 0.5) is 23.5 Å². The van der Waals surface area contributed by atoms with Gasteiger partial charge in [0.15, 0.2) is 17.3 Å². The van der Waals surface area contributed by atoms with Crippen molar-refractivity contribution >= 4 is 5.95 Å². The van der Waals surface area contributed by atoms with Gasteiger partial charge in [-0.3, -0.25) is 0 Å². The van der Waals surface area contributed by atoms with Crippen molar-refractivity contribution in [3.63, 3.8) is 0 Å². The molecule has 0 saturated carbocycles. The molecule has 8 heteroatoms. The van der Waals surface area contributed by atoms with Crippen molar-refractivity contribution in [3.05, 3.63) is 35.8 Å². The Labute approximate surface area is 111 Å². The van der Waals surface area contributed by atoms with Gasteiger partial charge in [0, 0.05) is 5.56 Å². The second-order valence-electron chi connectivity index (χ2n) is 3.84. The third-order valence-electron chi connectivity index (χ3n) is 2.48. The standard InChI is InChI=1S/C12H9F4N3O/c1-20-9-3-2-6(4-7(9)13)8-5-10(12(14,15)16)19-11(17)18-8/h2-5H,1H3,(H2,17,18,19). The first-order valence-electron chi connectivity index (χ1n) is 5.37. The van der Waals surface area contributed by atoms with Gasteiger partial charge < -0.3 is 10.5 Å². The first-order valence-corrected chi connectivity index (χ1v) is 5.37. The van der Waals surface area contributed by atoms with Crippen molar-refractivity contribution < 1.29 is 22.3 Å². The molecular formula is C12H9F4N3O. The van der Waals surface area contributed by atoms with Gasteiger partial charge in [0.05, 0.1) is 12.8 Å². The van der Waals surface area contributed by atoms with E-state index >= 15 is 0 Å². The van der Waals surface area contributed by atoms with E-state index in [1.165, 1.54) is 19.2 Å². The normalized spacial score (nSPS) is 11.4. The minimum absolute atomic E-state index is 0.0215. The third-order valence-corrected chi connectivity index (χ3v) is 2.48. The average Bonchev–Trinajstić information content (AvgIpc) is 2.37. The van der Waals surface area contributed by atoms with Crippen molar-refractivity contribution in [1.29, 1.82) is 0 Å². The molecule has 2 rings (SSSR count). The lowest BCUT2D eigenvalue weighted by Crippen LogP contribution is -2.11. The number of alkyl halides is 3. The minimum atomic E-state index is -4.66. The molecule has 0 aliphatic heterocycles. The molecule has 0 aliphatic rings. The molecule has 4 nitrogen and oxygen atoms in total. The fraction of sp³-hybridized carbons (Fsp3) is 0.167. The van der Waals surface area contributed by atoms with Gasteiger partial charge in [0.25, 0.3) is 0 Å². The van der Waals surface area contributed by atoms with Crippen LogP contribution in [0.1, 0.15) is 5.69 Å². The molecule has 106 valence electrons. The predicted octanol–water partition coefficient (Wildman–Crippen LogP) is 2.89. The summed E-state index contributed by atoms with van der Waals surface area (Å²) >= 11 is 0. The fourth-order valence-corrected chi connectivity index (χ4v) is 1.58. The van der Waals surface area contributed by atoms with Gasteiger partial charge in [0.2, 0.25) is 5.95 Å². The number of nitrogens with two attached hydrogens (primary N) is 1. The number of aromatic nitrogens is 2. The fourth-order valence-electron chi connectivity index (χ4n) is 1.58. The van der Waals surface area contributed by atoms with E-state index in [0.29, 0.717) is 6.07 Å². The van der Waals surface area contributed by atoms with Crippen LogP contribution in [0.3, 0.4) is 0 Å². The van der Waals surface area contributed by atoms with Gasteiger partial charge in [0.1, 0.15) is 0 Å². The molecular weight excluding hydrogens is 278 g/mol. The molecule has 0 fully saturated rings. The molecule has 0 spiro atoms. The Hall–Kier alpha value is -2.38. The summed E-state index contributed by atoms with van der Waals surface area (Å²) in [6.45, 7) is 0. The monoisotopic (exact) mass is 287 g/mol. The lowest BCUT2D eigenvalue weighted by Gasteiger charge is -2.09. The molecule has 0 unspecified atom stereocenters. The van der Waals surface area contributed by atoms with Gasteiger partial charge in [-0.05, 0) is 24.3 Å². The summed E-state index contributed by atoms with van der Waals surface area (Å²) in [4.78, 5) is 6.78. The molecule has 1 aromatic heterocycles. The molecule has 0 saturated heterocycles. The number of hydrogen-bond acceptors (Lipinski definition) is 4. The van der Waals surface area contributed by atoms with E-state index in [1.807, 2.05) is 0 Å². The van der Waals surface area contributed by atoms with E-state index in [4.69, 9.17) is 10.5 Å². The number of nitrogens with zero attached hydrogens (tertiary/aromatic N) is 2. The lowest BCUT2D eigenvalue weighted by molar-refractivity contribution is -0.141. The highest BCUT2D eigenvalue weighted by Gasteiger charge is 2.33. The molecule has 0 aliphatic carbocycles.